The fraction of sp³-hybridized carbons (Fsp3) is 0.417. The molecule has 37 heavy (non-hydrogen) atoms. The molecule has 2 N–H and O–H groups in total. The molecular formula is C24H19ClF7NO4. The van der Waals surface area contributed by atoms with Crippen LogP contribution in [-0.4, -0.2) is 51.9 Å². The van der Waals surface area contributed by atoms with E-state index in [4.69, 9.17) is 16.7 Å². The van der Waals surface area contributed by atoms with Crippen LogP contribution in [0.1, 0.15) is 57.5 Å². The molecule has 5 nitrogen and oxygen atoms in total. The van der Waals surface area contributed by atoms with Gasteiger partial charge in [0.1, 0.15) is 0 Å². The zero-order chi connectivity index (χ0) is 27.5. The zero-order valence-corrected chi connectivity index (χ0v) is 19.5. The molecular weight excluding hydrogens is 535 g/mol. The summed E-state index contributed by atoms with van der Waals surface area (Å²) in [5.41, 5.74) is -6.41. The molecule has 0 aromatic heterocycles. The summed E-state index contributed by atoms with van der Waals surface area (Å²) in [4.78, 5) is 25.7. The monoisotopic (exact) mass is 553 g/mol. The molecule has 1 aliphatic carbocycles. The molecule has 0 spiro atoms. The van der Waals surface area contributed by atoms with Crippen molar-refractivity contribution in [3.63, 3.8) is 0 Å². The number of hydrogen-bond acceptors (Lipinski definition) is 3. The molecule has 1 amide bonds. The lowest BCUT2D eigenvalue weighted by Crippen LogP contribution is -2.50. The van der Waals surface area contributed by atoms with Crippen LogP contribution in [0.2, 0.25) is 5.02 Å². The maximum atomic E-state index is 14.5. The van der Waals surface area contributed by atoms with Crippen LogP contribution >= 0.6 is 11.6 Å². The van der Waals surface area contributed by atoms with Gasteiger partial charge in [0.05, 0.1) is 0 Å². The fourth-order valence-electron chi connectivity index (χ4n) is 5.20. The summed E-state index contributed by atoms with van der Waals surface area (Å²) >= 11 is 6.05. The van der Waals surface area contributed by atoms with E-state index in [0.717, 1.165) is 6.07 Å². The Balaban J connectivity index is 1.60. The van der Waals surface area contributed by atoms with Gasteiger partial charge in [-0.2, -0.15) is 26.3 Å². The van der Waals surface area contributed by atoms with Crippen molar-refractivity contribution in [2.45, 2.75) is 55.3 Å². The minimum absolute atomic E-state index is 0.0322. The number of aliphatic hydroxyl groups is 1. The lowest BCUT2D eigenvalue weighted by Gasteiger charge is -2.35. The van der Waals surface area contributed by atoms with E-state index >= 15 is 0 Å². The first-order chi connectivity index (χ1) is 17.1. The molecule has 2 aromatic rings. The number of fused-ring (bicyclic) bond motifs is 3. The Kier molecular flexibility index (Phi) is 6.73. The number of aliphatic carboxylic acids is 1. The zero-order valence-electron chi connectivity index (χ0n) is 18.7. The van der Waals surface area contributed by atoms with Gasteiger partial charge in [-0.05, 0) is 42.5 Å². The standard InChI is InChI=1S/C24H19ClF7NO4/c25-17-10-12(1-4-16(17)19(34)21(36)37)20(35)33-8-7-15-14-5-3-13(9-11(14)2-6-18(15)33)22(26,23(27,28)29)24(30,31)32/h1,3-5,9-10,15,18-19,34H,2,6-8H2,(H,36,37). The molecule has 2 aromatic carbocycles. The molecule has 0 bridgehead atoms. The third-order valence-corrected chi connectivity index (χ3v) is 7.34. The highest BCUT2D eigenvalue weighted by Crippen LogP contribution is 2.54. The number of amides is 1. The van der Waals surface area contributed by atoms with Crippen LogP contribution < -0.4 is 0 Å². The summed E-state index contributed by atoms with van der Waals surface area (Å²) in [5, 5.41) is 18.5. The maximum absolute atomic E-state index is 14.5. The lowest BCUT2D eigenvalue weighted by molar-refractivity contribution is -0.348. The number of carbonyl (C=O) groups is 2. The van der Waals surface area contributed by atoms with E-state index in [2.05, 4.69) is 0 Å². The number of rotatable bonds is 4. The molecule has 1 saturated heterocycles. The van der Waals surface area contributed by atoms with E-state index in [1.54, 1.807) is 0 Å². The quantitative estimate of drug-likeness (QED) is 0.477. The normalized spacial score (nSPS) is 20.8. The molecule has 1 heterocycles. The Morgan fingerprint density at radius 1 is 0.973 bits per heavy atom. The van der Waals surface area contributed by atoms with Crippen molar-refractivity contribution < 1.29 is 50.5 Å². The molecule has 0 saturated carbocycles. The molecule has 1 aliphatic heterocycles. The van der Waals surface area contributed by atoms with Crippen LogP contribution in [0.4, 0.5) is 30.7 Å². The van der Waals surface area contributed by atoms with Gasteiger partial charge in [-0.25, -0.2) is 9.18 Å². The molecule has 2 aliphatic rings. The number of carbonyl (C=O) groups excluding carboxylic acids is 1. The van der Waals surface area contributed by atoms with Gasteiger partial charge in [0.2, 0.25) is 0 Å². The summed E-state index contributed by atoms with van der Waals surface area (Å²) in [6.07, 6.45) is -13.6. The minimum Gasteiger partial charge on any atom is -0.479 e. The van der Waals surface area contributed by atoms with Crippen molar-refractivity contribution in [3.05, 3.63) is 69.2 Å². The topological polar surface area (TPSA) is 77.8 Å². The number of halogens is 8. The summed E-state index contributed by atoms with van der Waals surface area (Å²) in [6.45, 7) is 0.241. The SMILES string of the molecule is O=C(O)C(O)c1ccc(C(=O)N2CCC3c4ccc(C(F)(C(F)(F)F)C(F)(F)F)cc4CCC32)cc1Cl. The van der Waals surface area contributed by atoms with Crippen molar-refractivity contribution in [1.29, 1.82) is 0 Å². The van der Waals surface area contributed by atoms with E-state index in [9.17, 15) is 45.4 Å². The van der Waals surface area contributed by atoms with Crippen molar-refractivity contribution in [2.75, 3.05) is 6.54 Å². The second-order valence-electron chi connectivity index (χ2n) is 9.04. The van der Waals surface area contributed by atoms with Crippen LogP contribution in [0.5, 0.6) is 0 Å². The fourth-order valence-corrected chi connectivity index (χ4v) is 5.48. The Morgan fingerprint density at radius 3 is 2.19 bits per heavy atom. The summed E-state index contributed by atoms with van der Waals surface area (Å²) in [6, 6.07) is 5.51. The first kappa shape index (κ1) is 27.2. The Morgan fingerprint density at radius 2 is 1.62 bits per heavy atom. The van der Waals surface area contributed by atoms with E-state index < -0.39 is 47.6 Å². The second kappa shape index (κ2) is 9.16. The number of carboxylic acids is 1. The third-order valence-electron chi connectivity index (χ3n) is 7.01. The van der Waals surface area contributed by atoms with E-state index in [1.165, 1.54) is 23.1 Å². The van der Waals surface area contributed by atoms with Gasteiger partial charge in [-0.3, -0.25) is 4.79 Å². The number of hydrogen-bond donors (Lipinski definition) is 2. The molecule has 0 radical (unpaired) electrons. The van der Waals surface area contributed by atoms with Crippen molar-refractivity contribution in [1.82, 2.24) is 4.90 Å². The van der Waals surface area contributed by atoms with Gasteiger partial charge in [0.15, 0.2) is 6.10 Å². The van der Waals surface area contributed by atoms with E-state index in [1.807, 2.05) is 0 Å². The molecule has 13 heteroatoms. The summed E-state index contributed by atoms with van der Waals surface area (Å²) < 4.78 is 93.6. The van der Waals surface area contributed by atoms with E-state index in [0.29, 0.717) is 24.1 Å². The van der Waals surface area contributed by atoms with Gasteiger partial charge in [0, 0.05) is 40.2 Å². The van der Waals surface area contributed by atoms with Crippen molar-refractivity contribution in [2.24, 2.45) is 0 Å². The lowest BCUT2D eigenvalue weighted by atomic mass is 9.77. The summed E-state index contributed by atoms with van der Waals surface area (Å²) in [5.74, 6) is -2.36. The molecule has 3 atom stereocenters. The van der Waals surface area contributed by atoms with Crippen LogP contribution in [0.25, 0.3) is 0 Å². The van der Waals surface area contributed by atoms with Crippen LogP contribution in [0.15, 0.2) is 36.4 Å². The highest BCUT2D eigenvalue weighted by Gasteiger charge is 2.73. The molecule has 200 valence electrons. The van der Waals surface area contributed by atoms with Gasteiger partial charge in [-0.1, -0.05) is 35.9 Å². The van der Waals surface area contributed by atoms with Gasteiger partial charge < -0.3 is 15.1 Å². The largest absolute Gasteiger partial charge is 0.479 e. The predicted molar refractivity (Wildman–Crippen MR) is 116 cm³/mol. The number of aliphatic hydroxyl groups excluding tert-OH is 1. The van der Waals surface area contributed by atoms with E-state index in [-0.39, 0.29) is 47.0 Å². The number of aryl methyl sites for hydroxylation is 1. The summed E-state index contributed by atoms with van der Waals surface area (Å²) in [7, 11) is 0. The Bertz CT molecular complexity index is 1230. The minimum atomic E-state index is -6.20. The molecule has 1 fully saturated rings. The number of benzene rings is 2. The number of likely N-dealkylation sites (tertiary alicyclic amines) is 1. The number of carboxylic acid groups (broad SMARTS) is 1. The highest BCUT2D eigenvalue weighted by molar-refractivity contribution is 6.32. The van der Waals surface area contributed by atoms with Crippen LogP contribution in [0.3, 0.4) is 0 Å². The van der Waals surface area contributed by atoms with Crippen molar-refractivity contribution in [3.8, 4) is 0 Å². The molecule has 3 unspecified atom stereocenters. The highest BCUT2D eigenvalue weighted by atomic mass is 35.5. The third kappa shape index (κ3) is 4.43. The molecule has 4 rings (SSSR count). The van der Waals surface area contributed by atoms with Crippen molar-refractivity contribution >= 4 is 23.5 Å². The maximum Gasteiger partial charge on any atom is 0.435 e. The average Bonchev–Trinajstić information content (AvgIpc) is 3.25. The smallest absolute Gasteiger partial charge is 0.435 e. The van der Waals surface area contributed by atoms with Crippen LogP contribution in [-0.2, 0) is 16.9 Å². The second-order valence-corrected chi connectivity index (χ2v) is 9.45. The van der Waals surface area contributed by atoms with Gasteiger partial charge in [0.25, 0.3) is 5.91 Å². The first-order valence-electron chi connectivity index (χ1n) is 11.0. The van der Waals surface area contributed by atoms with Crippen LogP contribution in [0, 0.1) is 0 Å². The van der Waals surface area contributed by atoms with Gasteiger partial charge in [-0.15, -0.1) is 0 Å². The Labute approximate surface area is 210 Å². The number of alkyl halides is 7. The average molecular weight is 554 g/mol. The first-order valence-corrected chi connectivity index (χ1v) is 11.4. The number of nitrogens with zero attached hydrogens (tertiary/aromatic N) is 1. The Hall–Kier alpha value is -2.86. The predicted octanol–water partition coefficient (Wildman–Crippen LogP) is 5.69. The van der Waals surface area contributed by atoms with Gasteiger partial charge >= 0.3 is 24.0 Å².